The maximum Gasteiger partial charge on any atom is 0.311 e. The van der Waals surface area contributed by atoms with Crippen molar-refractivity contribution in [3.05, 3.63) is 58.7 Å². The number of pyridine rings is 1. The molecular weight excluding hydrogens is 405 g/mol. The van der Waals surface area contributed by atoms with Crippen molar-refractivity contribution in [3.63, 3.8) is 0 Å². The van der Waals surface area contributed by atoms with Gasteiger partial charge in [0.1, 0.15) is 18.7 Å². The highest BCUT2D eigenvalue weighted by Gasteiger charge is 2.29. The first-order chi connectivity index (χ1) is 15.0. The standard InChI is InChI=1S/C27H34FNO3/c1-8-27(6,7)26(31)32-16-22-23(19-11-13-20(28)14-12-19)21(10-9-15-30)24(17(2)3)29-25(22)18(4)5/h9-15,17-18H,8,16H2,1-7H3/b10-9+. The number of hydrogen-bond acceptors (Lipinski definition) is 4. The highest BCUT2D eigenvalue weighted by atomic mass is 19.1. The molecule has 172 valence electrons. The molecule has 0 fully saturated rings. The molecule has 2 rings (SSSR count). The molecule has 0 aliphatic heterocycles. The quantitative estimate of drug-likeness (QED) is 0.244. The van der Waals surface area contributed by atoms with Gasteiger partial charge in [-0.25, -0.2) is 4.39 Å². The zero-order valence-corrected chi connectivity index (χ0v) is 20.2. The first kappa shape index (κ1) is 25.4. The summed E-state index contributed by atoms with van der Waals surface area (Å²) >= 11 is 0. The number of rotatable bonds is 9. The van der Waals surface area contributed by atoms with Crippen molar-refractivity contribution in [1.29, 1.82) is 0 Å². The zero-order chi connectivity index (χ0) is 24.1. The van der Waals surface area contributed by atoms with Gasteiger partial charge < -0.3 is 4.74 Å². The number of aromatic nitrogens is 1. The van der Waals surface area contributed by atoms with E-state index in [-0.39, 0.29) is 30.2 Å². The molecule has 1 aromatic heterocycles. The highest BCUT2D eigenvalue weighted by Crippen LogP contribution is 2.38. The smallest absolute Gasteiger partial charge is 0.311 e. The minimum atomic E-state index is -0.598. The molecule has 0 bridgehead atoms. The van der Waals surface area contributed by atoms with Crippen LogP contribution in [0.3, 0.4) is 0 Å². The van der Waals surface area contributed by atoms with Gasteiger partial charge >= 0.3 is 5.97 Å². The van der Waals surface area contributed by atoms with E-state index in [9.17, 15) is 14.0 Å². The molecule has 0 atom stereocenters. The van der Waals surface area contributed by atoms with Crippen LogP contribution in [0.15, 0.2) is 30.3 Å². The summed E-state index contributed by atoms with van der Waals surface area (Å²) in [6, 6.07) is 6.23. The van der Waals surface area contributed by atoms with E-state index in [2.05, 4.69) is 0 Å². The molecule has 0 aliphatic rings. The van der Waals surface area contributed by atoms with E-state index in [4.69, 9.17) is 9.72 Å². The fourth-order valence-electron chi connectivity index (χ4n) is 3.47. The van der Waals surface area contributed by atoms with E-state index in [1.165, 1.54) is 18.2 Å². The lowest BCUT2D eigenvalue weighted by molar-refractivity contribution is -0.155. The summed E-state index contributed by atoms with van der Waals surface area (Å²) in [7, 11) is 0. The normalized spacial score (nSPS) is 12.1. The van der Waals surface area contributed by atoms with Gasteiger partial charge in [-0.15, -0.1) is 0 Å². The Balaban J connectivity index is 2.83. The molecule has 0 amide bonds. The Kier molecular flexibility index (Phi) is 8.48. The van der Waals surface area contributed by atoms with Gasteiger partial charge in [0, 0.05) is 11.1 Å². The lowest BCUT2D eigenvalue weighted by atomic mass is 9.87. The Hall–Kier alpha value is -2.82. The monoisotopic (exact) mass is 439 g/mol. The lowest BCUT2D eigenvalue weighted by Crippen LogP contribution is -2.26. The second-order valence-corrected chi connectivity index (χ2v) is 9.27. The molecule has 4 nitrogen and oxygen atoms in total. The fourth-order valence-corrected chi connectivity index (χ4v) is 3.47. The number of halogens is 1. The van der Waals surface area contributed by atoms with Gasteiger partial charge in [-0.1, -0.05) is 46.8 Å². The second kappa shape index (κ2) is 10.7. The SMILES string of the molecule is CCC(C)(C)C(=O)OCc1c(C(C)C)nc(C(C)C)c(/C=C/C=O)c1-c1ccc(F)cc1. The first-order valence-electron chi connectivity index (χ1n) is 11.1. The van der Waals surface area contributed by atoms with Crippen molar-refractivity contribution in [1.82, 2.24) is 4.98 Å². The number of aldehydes is 1. The molecule has 1 aromatic carbocycles. The summed E-state index contributed by atoms with van der Waals surface area (Å²) in [5.74, 6) is -0.450. The molecule has 0 spiro atoms. The van der Waals surface area contributed by atoms with E-state index in [0.717, 1.165) is 39.9 Å². The van der Waals surface area contributed by atoms with Crippen LogP contribution in [0.25, 0.3) is 17.2 Å². The number of ether oxygens (including phenoxy) is 1. The Bertz CT molecular complexity index is 989. The third-order valence-electron chi connectivity index (χ3n) is 5.75. The van der Waals surface area contributed by atoms with Gasteiger partial charge in [0.15, 0.2) is 0 Å². The van der Waals surface area contributed by atoms with Crippen molar-refractivity contribution < 1.29 is 18.7 Å². The average molecular weight is 440 g/mol. The molecule has 0 N–H and O–H groups in total. The maximum atomic E-state index is 13.7. The van der Waals surface area contributed by atoms with Crippen molar-refractivity contribution in [2.45, 2.75) is 73.3 Å². The van der Waals surface area contributed by atoms with E-state index in [1.807, 2.05) is 48.5 Å². The predicted molar refractivity (Wildman–Crippen MR) is 127 cm³/mol. The van der Waals surface area contributed by atoms with Crippen LogP contribution in [0.1, 0.15) is 89.2 Å². The average Bonchev–Trinajstić information content (AvgIpc) is 2.75. The number of carbonyl (C=O) groups is 2. The number of esters is 1. The molecule has 2 aromatic rings. The zero-order valence-electron chi connectivity index (χ0n) is 20.2. The van der Waals surface area contributed by atoms with Crippen LogP contribution in [0.5, 0.6) is 0 Å². The maximum absolute atomic E-state index is 13.7. The molecule has 0 unspecified atom stereocenters. The number of hydrogen-bond donors (Lipinski definition) is 0. The molecule has 5 heteroatoms. The molecule has 0 saturated heterocycles. The van der Waals surface area contributed by atoms with Gasteiger partial charge in [-0.3, -0.25) is 14.6 Å². The minimum absolute atomic E-state index is 0.0514. The summed E-state index contributed by atoms with van der Waals surface area (Å²) in [4.78, 5) is 28.8. The van der Waals surface area contributed by atoms with Crippen LogP contribution in [0.4, 0.5) is 4.39 Å². The van der Waals surface area contributed by atoms with Crippen molar-refractivity contribution in [2.24, 2.45) is 5.41 Å². The molecule has 0 saturated carbocycles. The van der Waals surface area contributed by atoms with Gasteiger partial charge in [0.05, 0.1) is 16.8 Å². The van der Waals surface area contributed by atoms with Gasteiger partial charge in [-0.05, 0) is 67.5 Å². The van der Waals surface area contributed by atoms with Crippen LogP contribution in [0.2, 0.25) is 0 Å². The van der Waals surface area contributed by atoms with E-state index >= 15 is 0 Å². The molecule has 32 heavy (non-hydrogen) atoms. The summed E-state index contributed by atoms with van der Waals surface area (Å²) < 4.78 is 19.5. The van der Waals surface area contributed by atoms with Gasteiger partial charge in [0.25, 0.3) is 0 Å². The Morgan fingerprint density at radius 1 is 1.09 bits per heavy atom. The Morgan fingerprint density at radius 2 is 1.69 bits per heavy atom. The van der Waals surface area contributed by atoms with Crippen LogP contribution in [-0.2, 0) is 20.9 Å². The van der Waals surface area contributed by atoms with Gasteiger partial charge in [-0.2, -0.15) is 0 Å². The summed E-state index contributed by atoms with van der Waals surface area (Å²) in [6.07, 6.45) is 4.55. The van der Waals surface area contributed by atoms with E-state index < -0.39 is 5.41 Å². The van der Waals surface area contributed by atoms with Crippen molar-refractivity contribution >= 4 is 18.3 Å². The van der Waals surface area contributed by atoms with Crippen LogP contribution >= 0.6 is 0 Å². The number of allylic oxidation sites excluding steroid dienone is 1. The molecule has 0 aliphatic carbocycles. The number of benzene rings is 1. The third kappa shape index (κ3) is 5.70. The number of carbonyl (C=O) groups excluding carboxylic acids is 2. The molecular formula is C27H34FNO3. The Morgan fingerprint density at radius 3 is 2.19 bits per heavy atom. The highest BCUT2D eigenvalue weighted by molar-refractivity contribution is 5.84. The van der Waals surface area contributed by atoms with Gasteiger partial charge in [0.2, 0.25) is 0 Å². The Labute approximate surface area is 190 Å². The second-order valence-electron chi connectivity index (χ2n) is 9.27. The topological polar surface area (TPSA) is 56.3 Å². The van der Waals surface area contributed by atoms with Crippen molar-refractivity contribution in [3.8, 4) is 11.1 Å². The fraction of sp³-hybridized carbons (Fsp3) is 0.444. The van der Waals surface area contributed by atoms with Crippen LogP contribution < -0.4 is 0 Å². The van der Waals surface area contributed by atoms with E-state index in [1.54, 1.807) is 18.2 Å². The number of nitrogens with zero attached hydrogens (tertiary/aromatic N) is 1. The van der Waals surface area contributed by atoms with E-state index in [0.29, 0.717) is 6.42 Å². The minimum Gasteiger partial charge on any atom is -0.460 e. The molecule has 1 heterocycles. The first-order valence-corrected chi connectivity index (χ1v) is 11.1. The largest absolute Gasteiger partial charge is 0.460 e. The molecule has 0 radical (unpaired) electrons. The summed E-state index contributed by atoms with van der Waals surface area (Å²) in [5, 5.41) is 0. The van der Waals surface area contributed by atoms with Crippen LogP contribution in [0, 0.1) is 11.2 Å². The predicted octanol–water partition coefficient (Wildman–Crippen LogP) is 6.83. The lowest BCUT2D eigenvalue weighted by Gasteiger charge is -2.25. The van der Waals surface area contributed by atoms with Crippen LogP contribution in [-0.4, -0.2) is 17.2 Å². The summed E-state index contributed by atoms with van der Waals surface area (Å²) in [5.41, 5.74) is 4.23. The summed E-state index contributed by atoms with van der Waals surface area (Å²) in [6.45, 7) is 13.9. The third-order valence-corrected chi connectivity index (χ3v) is 5.75. The van der Waals surface area contributed by atoms with Crippen molar-refractivity contribution in [2.75, 3.05) is 0 Å².